The van der Waals surface area contributed by atoms with Crippen LogP contribution in [0.5, 0.6) is 0 Å². The van der Waals surface area contributed by atoms with E-state index in [2.05, 4.69) is 10.4 Å². The number of rotatable bonds is 14. The van der Waals surface area contributed by atoms with Gasteiger partial charge in [-0.1, -0.05) is 104 Å². The highest BCUT2D eigenvalue weighted by atomic mass is 35.5. The van der Waals surface area contributed by atoms with Crippen LogP contribution in [0, 0.1) is 0 Å². The van der Waals surface area contributed by atoms with Gasteiger partial charge in [-0.2, -0.15) is 4.68 Å². The summed E-state index contributed by atoms with van der Waals surface area (Å²) < 4.78 is 36.5. The van der Waals surface area contributed by atoms with Crippen molar-refractivity contribution in [2.24, 2.45) is 0 Å². The number of benzene rings is 3. The fourth-order valence-corrected chi connectivity index (χ4v) is 6.88. The van der Waals surface area contributed by atoms with E-state index in [1.165, 1.54) is 16.8 Å². The average Bonchev–Trinajstić information content (AvgIpc) is 3.60. The molecule has 0 fully saturated rings. The Labute approximate surface area is 304 Å². The SMILES string of the molecule is CCCCC(=O)Nc1ccc(Cl)c(-n2nc(CCCC)n(Cc3ccc(-c4ccccc4S(=O)(=O)NC(=O)c4occ(Cl)c4Cl)cc3)c2=O)c1. The molecule has 0 radical (unpaired) electrons. The van der Waals surface area contributed by atoms with Gasteiger partial charge in [0, 0.05) is 24.1 Å². The third kappa shape index (κ3) is 8.32. The van der Waals surface area contributed by atoms with Gasteiger partial charge in [0.2, 0.25) is 11.7 Å². The highest BCUT2D eigenvalue weighted by Crippen LogP contribution is 2.30. The zero-order valence-corrected chi connectivity index (χ0v) is 30.3. The first-order valence-corrected chi connectivity index (χ1v) is 18.5. The number of amides is 2. The highest BCUT2D eigenvalue weighted by molar-refractivity contribution is 7.90. The minimum Gasteiger partial charge on any atom is -0.456 e. The molecule has 0 bridgehead atoms. The number of furan rings is 1. The van der Waals surface area contributed by atoms with E-state index >= 15 is 0 Å². The number of hydrogen-bond acceptors (Lipinski definition) is 7. The molecule has 0 unspecified atom stereocenters. The molecule has 0 saturated carbocycles. The highest BCUT2D eigenvalue weighted by Gasteiger charge is 2.26. The quantitative estimate of drug-likeness (QED) is 0.117. The van der Waals surface area contributed by atoms with Gasteiger partial charge >= 0.3 is 11.6 Å². The summed E-state index contributed by atoms with van der Waals surface area (Å²) in [4.78, 5) is 38.7. The van der Waals surface area contributed by atoms with Crippen LogP contribution < -0.4 is 15.7 Å². The maximum absolute atomic E-state index is 13.8. The second kappa shape index (κ2) is 16.1. The van der Waals surface area contributed by atoms with Crippen LogP contribution >= 0.6 is 34.8 Å². The number of sulfonamides is 1. The van der Waals surface area contributed by atoms with Gasteiger partial charge in [0.1, 0.15) is 17.1 Å². The second-order valence-electron chi connectivity index (χ2n) is 11.5. The lowest BCUT2D eigenvalue weighted by Gasteiger charge is -2.12. The van der Waals surface area contributed by atoms with Gasteiger partial charge in [-0.3, -0.25) is 14.2 Å². The van der Waals surface area contributed by atoms with Gasteiger partial charge in [0.05, 0.1) is 27.2 Å². The van der Waals surface area contributed by atoms with E-state index in [4.69, 9.17) is 39.2 Å². The van der Waals surface area contributed by atoms with Crippen molar-refractivity contribution in [1.82, 2.24) is 19.1 Å². The van der Waals surface area contributed by atoms with E-state index in [0.717, 1.165) is 37.5 Å². The summed E-state index contributed by atoms with van der Waals surface area (Å²) in [6, 6.07) is 18.2. The molecular formula is C35H34Cl3N5O6S. The fraction of sp³-hybridized carbons (Fsp3) is 0.257. The summed E-state index contributed by atoms with van der Waals surface area (Å²) in [5.41, 5.74) is 2.11. The van der Waals surface area contributed by atoms with Gasteiger partial charge in [0.25, 0.3) is 10.0 Å². The van der Waals surface area contributed by atoms with Crippen molar-refractivity contribution < 1.29 is 22.4 Å². The predicted molar refractivity (Wildman–Crippen MR) is 194 cm³/mol. The number of aromatic nitrogens is 3. The molecule has 0 saturated heterocycles. The van der Waals surface area contributed by atoms with E-state index in [1.807, 2.05) is 18.6 Å². The van der Waals surface area contributed by atoms with Crippen LogP contribution in [0.25, 0.3) is 16.8 Å². The maximum atomic E-state index is 13.8. The van der Waals surface area contributed by atoms with E-state index in [0.29, 0.717) is 46.2 Å². The second-order valence-corrected chi connectivity index (χ2v) is 14.3. The molecule has 5 aromatic rings. The summed E-state index contributed by atoms with van der Waals surface area (Å²) in [5.74, 6) is -1.05. The molecule has 50 heavy (non-hydrogen) atoms. The molecule has 5 rings (SSSR count). The number of nitrogens with zero attached hydrogens (tertiary/aromatic N) is 3. The smallest absolute Gasteiger partial charge is 0.351 e. The first kappa shape index (κ1) is 36.9. The first-order valence-electron chi connectivity index (χ1n) is 15.9. The van der Waals surface area contributed by atoms with Crippen LogP contribution in [0.1, 0.15) is 67.9 Å². The van der Waals surface area contributed by atoms with Crippen LogP contribution in [0.2, 0.25) is 15.1 Å². The monoisotopic (exact) mass is 757 g/mol. The van der Waals surface area contributed by atoms with Crippen molar-refractivity contribution >= 4 is 62.3 Å². The molecular weight excluding hydrogens is 725 g/mol. The zero-order chi connectivity index (χ0) is 36.0. The van der Waals surface area contributed by atoms with E-state index < -0.39 is 27.4 Å². The fourth-order valence-electron chi connectivity index (χ4n) is 5.20. The zero-order valence-electron chi connectivity index (χ0n) is 27.2. The Morgan fingerprint density at radius 3 is 2.32 bits per heavy atom. The van der Waals surface area contributed by atoms with Crippen LogP contribution in [0.15, 0.2) is 87.1 Å². The Morgan fingerprint density at radius 2 is 1.64 bits per heavy atom. The van der Waals surface area contributed by atoms with Crippen LogP contribution in [-0.4, -0.2) is 34.6 Å². The molecule has 2 heterocycles. The third-order valence-corrected chi connectivity index (χ3v) is 10.3. The lowest BCUT2D eigenvalue weighted by Crippen LogP contribution is -2.30. The molecule has 0 spiro atoms. The van der Waals surface area contributed by atoms with E-state index in [-0.39, 0.29) is 27.4 Å². The summed E-state index contributed by atoms with van der Waals surface area (Å²) in [6.45, 7) is 4.24. The van der Waals surface area contributed by atoms with Crippen molar-refractivity contribution in [2.75, 3.05) is 5.32 Å². The summed E-state index contributed by atoms with van der Waals surface area (Å²) in [6.07, 6.45) is 5.32. The van der Waals surface area contributed by atoms with Gasteiger partial charge < -0.3 is 9.73 Å². The standard InChI is InChI=1S/C35H34Cl3N5O6S/c1-3-5-11-30-40-43(28-19-24(17-18-26(28)36)39-31(44)12-6-4-2)35(46)42(30)20-22-13-15-23(16-14-22)25-9-7-8-10-29(25)50(47,48)41-34(45)33-32(38)27(37)21-49-33/h7-10,13-19,21H,3-6,11-12,20H2,1-2H3,(H,39,44)(H,41,45). The average molecular weight is 759 g/mol. The van der Waals surface area contributed by atoms with Crippen LogP contribution in [-0.2, 0) is 27.8 Å². The molecule has 3 aromatic carbocycles. The normalized spacial score (nSPS) is 11.5. The maximum Gasteiger partial charge on any atom is 0.351 e. The Morgan fingerprint density at radius 1 is 0.920 bits per heavy atom. The van der Waals surface area contributed by atoms with E-state index in [1.54, 1.807) is 59.2 Å². The minimum absolute atomic E-state index is 0.0250. The van der Waals surface area contributed by atoms with Crippen molar-refractivity contribution in [3.8, 4) is 16.8 Å². The summed E-state index contributed by atoms with van der Waals surface area (Å²) >= 11 is 18.3. The van der Waals surface area contributed by atoms with Gasteiger partial charge in [-0.05, 0) is 48.2 Å². The summed E-state index contributed by atoms with van der Waals surface area (Å²) in [7, 11) is -4.37. The Bertz CT molecular complexity index is 2190. The molecule has 2 aromatic heterocycles. The molecule has 11 nitrogen and oxygen atoms in total. The Kier molecular flexibility index (Phi) is 11.9. The summed E-state index contributed by atoms with van der Waals surface area (Å²) in [5, 5.41) is 7.58. The molecule has 2 amide bonds. The number of anilines is 1. The van der Waals surface area contributed by atoms with Crippen LogP contribution in [0.4, 0.5) is 5.69 Å². The number of carbonyl (C=O) groups is 2. The topological polar surface area (TPSA) is 145 Å². The lowest BCUT2D eigenvalue weighted by molar-refractivity contribution is -0.116. The van der Waals surface area contributed by atoms with Crippen LogP contribution in [0.3, 0.4) is 0 Å². The Hall–Kier alpha value is -4.36. The molecule has 15 heteroatoms. The van der Waals surface area contributed by atoms with E-state index in [9.17, 15) is 22.8 Å². The molecule has 0 aliphatic carbocycles. The Balaban J connectivity index is 1.42. The van der Waals surface area contributed by atoms with Gasteiger partial charge in [-0.15, -0.1) is 5.10 Å². The molecule has 0 aliphatic rings. The molecule has 0 aliphatic heterocycles. The largest absolute Gasteiger partial charge is 0.456 e. The van der Waals surface area contributed by atoms with Crippen molar-refractivity contribution in [3.63, 3.8) is 0 Å². The molecule has 2 N–H and O–H groups in total. The van der Waals surface area contributed by atoms with Crippen molar-refractivity contribution in [3.05, 3.63) is 116 Å². The van der Waals surface area contributed by atoms with Crippen molar-refractivity contribution in [2.45, 2.75) is 63.8 Å². The number of unbranched alkanes of at least 4 members (excludes halogenated alkanes) is 2. The number of aryl methyl sites for hydroxylation is 1. The van der Waals surface area contributed by atoms with Crippen molar-refractivity contribution in [1.29, 1.82) is 0 Å². The number of hydrogen-bond donors (Lipinski definition) is 2. The number of halogens is 3. The minimum atomic E-state index is -4.37. The number of nitrogens with one attached hydrogen (secondary N) is 2. The van der Waals surface area contributed by atoms with Gasteiger partial charge in [-0.25, -0.2) is 17.9 Å². The third-order valence-electron chi connectivity index (χ3n) is 7.81. The van der Waals surface area contributed by atoms with Gasteiger partial charge in [0.15, 0.2) is 0 Å². The lowest BCUT2D eigenvalue weighted by atomic mass is 10.0. The predicted octanol–water partition coefficient (Wildman–Crippen LogP) is 7.89. The molecule has 262 valence electrons. The first-order chi connectivity index (χ1) is 23.9. The number of carbonyl (C=O) groups excluding carboxylic acids is 2. The molecule has 0 atom stereocenters.